The van der Waals surface area contributed by atoms with Gasteiger partial charge in [0, 0.05) is 23.2 Å². The average Bonchev–Trinajstić information content (AvgIpc) is 3.15. The summed E-state index contributed by atoms with van der Waals surface area (Å²) in [5.41, 5.74) is 9.58. The molecule has 0 amide bonds. The van der Waals surface area contributed by atoms with Crippen LogP contribution in [-0.4, -0.2) is 28.0 Å². The molecule has 0 spiro atoms. The van der Waals surface area contributed by atoms with Gasteiger partial charge < -0.3 is 20.0 Å². The minimum Gasteiger partial charge on any atom is -0.454 e. The van der Waals surface area contributed by atoms with Crippen molar-refractivity contribution < 1.29 is 14.3 Å². The number of ether oxygens (including phenoxy) is 2. The van der Waals surface area contributed by atoms with E-state index >= 15 is 0 Å². The van der Waals surface area contributed by atoms with Crippen molar-refractivity contribution in [2.24, 2.45) is 10.3 Å². The van der Waals surface area contributed by atoms with E-state index in [0.29, 0.717) is 22.6 Å². The predicted octanol–water partition coefficient (Wildman–Crippen LogP) is 3.02. The molecule has 0 fully saturated rings. The Kier molecular flexibility index (Phi) is 3.21. The highest BCUT2D eigenvalue weighted by Crippen LogP contribution is 2.41. The second-order valence-electron chi connectivity index (χ2n) is 6.55. The number of benzene rings is 2. The van der Waals surface area contributed by atoms with E-state index in [1.165, 1.54) is 0 Å². The molecule has 0 bridgehead atoms. The molecule has 3 aliphatic rings. The first-order valence-electron chi connectivity index (χ1n) is 8.13. The van der Waals surface area contributed by atoms with Gasteiger partial charge in [0.2, 0.25) is 17.3 Å². The highest BCUT2D eigenvalue weighted by Gasteiger charge is 2.45. The van der Waals surface area contributed by atoms with Gasteiger partial charge in [-0.25, -0.2) is 0 Å². The first-order chi connectivity index (χ1) is 12.5. The van der Waals surface area contributed by atoms with Crippen LogP contribution in [0.25, 0.3) is 0 Å². The number of rotatable bonds is 1. The van der Waals surface area contributed by atoms with E-state index in [1.807, 2.05) is 43.3 Å². The molecule has 0 aromatic heterocycles. The number of halogens is 1. The lowest BCUT2D eigenvalue weighted by molar-refractivity contribution is -0.0815. The topological polar surface area (TPSA) is 81.7 Å². The Bertz CT molecular complexity index is 973. The molecule has 132 valence electrons. The Morgan fingerprint density at radius 1 is 1.15 bits per heavy atom. The summed E-state index contributed by atoms with van der Waals surface area (Å²) in [7, 11) is 0. The van der Waals surface area contributed by atoms with Gasteiger partial charge in [-0.3, -0.25) is 0 Å². The van der Waals surface area contributed by atoms with Gasteiger partial charge in [0.25, 0.3) is 0 Å². The van der Waals surface area contributed by atoms with Crippen LogP contribution in [0.2, 0.25) is 0 Å². The number of fused-ring (bicyclic) bond motifs is 3. The lowest BCUT2D eigenvalue weighted by atomic mass is 9.93. The number of nitrogen functional groups attached to an aromatic ring is 1. The molecule has 5 rings (SSSR count). The first-order valence-corrected chi connectivity index (χ1v) is 8.92. The first kappa shape index (κ1) is 15.5. The number of oxime groups is 1. The van der Waals surface area contributed by atoms with Gasteiger partial charge in [-0.1, -0.05) is 17.3 Å². The second-order valence-corrected chi connectivity index (χ2v) is 7.26. The van der Waals surface area contributed by atoms with Crippen molar-refractivity contribution in [3.63, 3.8) is 0 Å². The molecule has 7 nitrogen and oxygen atoms in total. The van der Waals surface area contributed by atoms with Crippen molar-refractivity contribution in [1.29, 1.82) is 0 Å². The van der Waals surface area contributed by atoms with Crippen molar-refractivity contribution in [1.82, 2.24) is 5.01 Å². The van der Waals surface area contributed by atoms with E-state index in [9.17, 15) is 0 Å². The molecule has 1 atom stereocenters. The van der Waals surface area contributed by atoms with E-state index in [4.69, 9.17) is 25.1 Å². The number of amidine groups is 1. The smallest absolute Gasteiger partial charge is 0.235 e. The normalized spacial score (nSPS) is 22.8. The summed E-state index contributed by atoms with van der Waals surface area (Å²) in [6.45, 7) is 2.18. The Morgan fingerprint density at radius 2 is 1.88 bits per heavy atom. The molecule has 2 aromatic rings. The number of nitrogens with two attached hydrogens (primary N) is 1. The zero-order valence-corrected chi connectivity index (χ0v) is 15.5. The van der Waals surface area contributed by atoms with Gasteiger partial charge in [-0.05, 0) is 52.7 Å². The van der Waals surface area contributed by atoms with Crippen molar-refractivity contribution >= 4 is 32.1 Å². The molecule has 0 aliphatic carbocycles. The number of nitrogens with zero attached hydrogens (tertiary/aromatic N) is 3. The summed E-state index contributed by atoms with van der Waals surface area (Å²) >= 11 is 3.43. The summed E-state index contributed by atoms with van der Waals surface area (Å²) in [6.07, 6.45) is 0.583. The predicted molar refractivity (Wildman–Crippen MR) is 100 cm³/mol. The number of hydrogen-bond donors (Lipinski definition) is 1. The third-order valence-corrected chi connectivity index (χ3v) is 5.18. The van der Waals surface area contributed by atoms with E-state index < -0.39 is 5.72 Å². The molecule has 8 heteroatoms. The molecule has 3 heterocycles. The molecule has 2 N–H and O–H groups in total. The van der Waals surface area contributed by atoms with Crippen LogP contribution in [-0.2, 0) is 11.3 Å². The summed E-state index contributed by atoms with van der Waals surface area (Å²) in [6, 6.07) is 11.6. The van der Waals surface area contributed by atoms with Gasteiger partial charge >= 0.3 is 0 Å². The fourth-order valence-corrected chi connectivity index (χ4v) is 3.90. The lowest BCUT2D eigenvalue weighted by Gasteiger charge is -2.27. The Balaban J connectivity index is 1.75. The molecule has 26 heavy (non-hydrogen) atoms. The molecule has 0 saturated heterocycles. The Morgan fingerprint density at radius 3 is 2.65 bits per heavy atom. The van der Waals surface area contributed by atoms with Crippen LogP contribution in [0.5, 0.6) is 11.5 Å². The van der Waals surface area contributed by atoms with Crippen LogP contribution in [0.15, 0.2) is 46.7 Å². The third kappa shape index (κ3) is 2.25. The van der Waals surface area contributed by atoms with Gasteiger partial charge in [-0.15, -0.1) is 0 Å². The van der Waals surface area contributed by atoms with Crippen molar-refractivity contribution in [3.8, 4) is 11.5 Å². The molecule has 2 aromatic carbocycles. The molecule has 3 aliphatic heterocycles. The lowest BCUT2D eigenvalue weighted by Crippen LogP contribution is -2.42. The van der Waals surface area contributed by atoms with Crippen LogP contribution in [0.3, 0.4) is 0 Å². The summed E-state index contributed by atoms with van der Waals surface area (Å²) < 4.78 is 11.7. The highest BCUT2D eigenvalue weighted by atomic mass is 79.9. The third-order valence-electron chi connectivity index (χ3n) is 4.70. The number of hydrogen-bond acceptors (Lipinski definition) is 7. The average molecular weight is 415 g/mol. The van der Waals surface area contributed by atoms with Crippen molar-refractivity contribution in [2.45, 2.75) is 19.1 Å². The van der Waals surface area contributed by atoms with Crippen LogP contribution in [0, 0.1) is 0 Å². The zero-order chi connectivity index (χ0) is 17.9. The highest BCUT2D eigenvalue weighted by molar-refractivity contribution is 9.18. The van der Waals surface area contributed by atoms with Gasteiger partial charge in [0.1, 0.15) is 0 Å². The minimum absolute atomic E-state index is 0.223. The number of anilines is 1. The van der Waals surface area contributed by atoms with Crippen molar-refractivity contribution in [2.75, 3.05) is 12.5 Å². The van der Waals surface area contributed by atoms with E-state index in [2.05, 4.69) is 21.1 Å². The van der Waals surface area contributed by atoms with Gasteiger partial charge in [0.15, 0.2) is 11.5 Å². The fraction of sp³-hybridized carbons (Fsp3) is 0.222. The van der Waals surface area contributed by atoms with Crippen LogP contribution < -0.4 is 15.2 Å². The molecule has 0 saturated carbocycles. The molecule has 1 unspecified atom stereocenters. The maximum Gasteiger partial charge on any atom is 0.235 e. The number of hydrazone groups is 1. The second kappa shape index (κ2) is 5.38. The summed E-state index contributed by atoms with van der Waals surface area (Å²) in [4.78, 5) is 5.68. The maximum atomic E-state index is 5.85. The van der Waals surface area contributed by atoms with E-state index in [0.717, 1.165) is 28.2 Å². The molecule has 0 radical (unpaired) electrons. The van der Waals surface area contributed by atoms with Crippen LogP contribution in [0.4, 0.5) is 5.69 Å². The maximum absolute atomic E-state index is 5.85. The van der Waals surface area contributed by atoms with E-state index in [-0.39, 0.29) is 6.79 Å². The summed E-state index contributed by atoms with van der Waals surface area (Å²) in [5, 5.41) is 10.7. The zero-order valence-electron chi connectivity index (χ0n) is 13.9. The Labute approximate surface area is 158 Å². The van der Waals surface area contributed by atoms with Gasteiger partial charge in [-0.2, -0.15) is 10.1 Å². The fourth-order valence-electron chi connectivity index (χ4n) is 3.37. The van der Waals surface area contributed by atoms with Gasteiger partial charge in [0.05, 0.1) is 5.71 Å². The molecular formula is C18H15BrN4O3. The quantitative estimate of drug-likeness (QED) is 0.572. The van der Waals surface area contributed by atoms with Crippen LogP contribution in [0.1, 0.15) is 23.6 Å². The standard InChI is InChI=1S/C18H15BrN4O3/c1-18-8-11-6-14-15(25-9-24-14)7-13(11)16(10-2-4-12(20)5-3-10)21-23(18)17(19)22-26-18/h2-7H,8-9,20H2,1H3. The van der Waals surface area contributed by atoms with E-state index in [1.54, 1.807) is 5.01 Å². The minimum atomic E-state index is -0.725. The van der Waals surface area contributed by atoms with Crippen LogP contribution >= 0.6 is 15.9 Å². The largest absolute Gasteiger partial charge is 0.454 e. The Hall–Kier alpha value is -2.74. The monoisotopic (exact) mass is 414 g/mol. The van der Waals surface area contributed by atoms with Crippen molar-refractivity contribution in [3.05, 3.63) is 53.1 Å². The molecular weight excluding hydrogens is 400 g/mol. The summed E-state index contributed by atoms with van der Waals surface area (Å²) in [5.74, 6) is 1.45. The SMILES string of the molecule is CC12Cc3cc4c(cc3C(c3ccc(N)cc3)=NN1C(Br)=NO2)OCO4.